The van der Waals surface area contributed by atoms with Gasteiger partial charge in [0.05, 0.1) is 18.1 Å². The minimum atomic E-state index is -0.389. The maximum atomic E-state index is 10.7. The number of aliphatic imine (C=N–C) groups is 1. The number of guanidine groups is 1. The molecule has 1 aliphatic rings. The first-order valence-corrected chi connectivity index (χ1v) is 9.46. The van der Waals surface area contributed by atoms with Crippen molar-refractivity contribution in [2.45, 2.75) is 19.6 Å². The zero-order valence-electron chi connectivity index (χ0n) is 16.5. The predicted octanol–water partition coefficient (Wildman–Crippen LogP) is 3.83. The number of likely N-dealkylation sites (tertiary alicyclic amines) is 1. The summed E-state index contributed by atoms with van der Waals surface area (Å²) in [5.74, 6) is 1.34. The molecule has 8 heteroatoms. The van der Waals surface area contributed by atoms with E-state index in [1.807, 2.05) is 18.2 Å². The molecule has 1 atom stereocenters. The minimum Gasteiger partial charge on any atom is -0.376 e. The highest BCUT2D eigenvalue weighted by atomic mass is 127. The number of benzene rings is 2. The van der Waals surface area contributed by atoms with E-state index in [1.54, 1.807) is 19.2 Å². The summed E-state index contributed by atoms with van der Waals surface area (Å²) in [6.07, 6.45) is 1.08. The van der Waals surface area contributed by atoms with Gasteiger partial charge in [0, 0.05) is 44.7 Å². The zero-order chi connectivity index (χ0) is 19.8. The monoisotopic (exact) mass is 510 g/mol. The van der Waals surface area contributed by atoms with Gasteiger partial charge in [0.1, 0.15) is 0 Å². The molecule has 0 aliphatic carbocycles. The van der Waals surface area contributed by atoms with Crippen LogP contribution in [0.1, 0.15) is 17.5 Å². The van der Waals surface area contributed by atoms with Crippen molar-refractivity contribution in [3.05, 3.63) is 75.8 Å². The van der Waals surface area contributed by atoms with Gasteiger partial charge in [-0.2, -0.15) is 0 Å². The summed E-state index contributed by atoms with van der Waals surface area (Å²) in [4.78, 5) is 17.0. The third kappa shape index (κ3) is 6.97. The van der Waals surface area contributed by atoms with Crippen molar-refractivity contribution >= 4 is 35.6 Å². The van der Waals surface area contributed by atoms with Crippen LogP contribution in [0.3, 0.4) is 0 Å². The molecule has 2 aromatic rings. The molecule has 0 saturated carbocycles. The van der Waals surface area contributed by atoms with Crippen LogP contribution >= 0.6 is 24.0 Å². The summed E-state index contributed by atoms with van der Waals surface area (Å²) in [5, 5.41) is 14.1. The Labute approximate surface area is 188 Å². The molecule has 1 saturated heterocycles. The number of hydrogen-bond acceptors (Lipinski definition) is 4. The lowest BCUT2D eigenvalue weighted by atomic mass is 10.1. The van der Waals surface area contributed by atoms with Crippen LogP contribution in [0, 0.1) is 16.0 Å². The van der Waals surface area contributed by atoms with Gasteiger partial charge < -0.3 is 15.0 Å². The number of nitrogens with one attached hydrogen (secondary N) is 1. The van der Waals surface area contributed by atoms with Crippen LogP contribution < -0.4 is 5.32 Å². The first-order valence-electron chi connectivity index (χ1n) is 9.46. The molecule has 1 aliphatic heterocycles. The molecule has 0 amide bonds. The molecule has 1 fully saturated rings. The molecular weight excluding hydrogens is 483 g/mol. The van der Waals surface area contributed by atoms with E-state index in [1.165, 1.54) is 17.7 Å². The number of nitro groups is 1. The van der Waals surface area contributed by atoms with Crippen LogP contribution in [-0.4, -0.2) is 42.5 Å². The average Bonchev–Trinajstić information content (AvgIpc) is 3.18. The third-order valence-electron chi connectivity index (χ3n) is 4.86. The van der Waals surface area contributed by atoms with Gasteiger partial charge in [-0.1, -0.05) is 42.5 Å². The molecule has 1 heterocycles. The summed E-state index contributed by atoms with van der Waals surface area (Å²) in [7, 11) is 1.78. The molecule has 0 radical (unpaired) electrons. The lowest BCUT2D eigenvalue weighted by molar-refractivity contribution is -0.384. The molecule has 0 bridgehead atoms. The number of ether oxygens (including phenoxy) is 1. The lowest BCUT2D eigenvalue weighted by Crippen LogP contribution is -2.39. The van der Waals surface area contributed by atoms with E-state index < -0.39 is 0 Å². The van der Waals surface area contributed by atoms with Crippen molar-refractivity contribution in [2.24, 2.45) is 10.9 Å². The van der Waals surface area contributed by atoms with E-state index in [-0.39, 0.29) is 34.6 Å². The fraction of sp³-hybridized carbons (Fsp3) is 0.381. The topological polar surface area (TPSA) is 80.0 Å². The van der Waals surface area contributed by atoms with Crippen molar-refractivity contribution in [2.75, 3.05) is 26.7 Å². The maximum absolute atomic E-state index is 10.7. The molecule has 0 spiro atoms. The van der Waals surface area contributed by atoms with E-state index in [0.717, 1.165) is 37.6 Å². The fourth-order valence-corrected chi connectivity index (χ4v) is 3.33. The van der Waals surface area contributed by atoms with Crippen LogP contribution in [0.25, 0.3) is 0 Å². The standard InChI is InChI=1S/C21H26N4O3.HI/c1-22-21(23-13-17-7-9-20(10-8-17)25(26)27)24-12-11-19(14-24)16-28-15-18-5-3-2-4-6-18;/h2-10,19H,11-16H2,1H3,(H,22,23);1H. The van der Waals surface area contributed by atoms with Crippen LogP contribution in [0.5, 0.6) is 0 Å². The van der Waals surface area contributed by atoms with Crippen molar-refractivity contribution in [1.82, 2.24) is 10.2 Å². The quantitative estimate of drug-likeness (QED) is 0.202. The lowest BCUT2D eigenvalue weighted by Gasteiger charge is -2.21. The summed E-state index contributed by atoms with van der Waals surface area (Å²) < 4.78 is 5.88. The van der Waals surface area contributed by atoms with E-state index in [4.69, 9.17) is 4.74 Å². The SMILES string of the molecule is CN=C(NCc1ccc([N+](=O)[O-])cc1)N1CCC(COCc2ccccc2)C1.I. The molecule has 29 heavy (non-hydrogen) atoms. The highest BCUT2D eigenvalue weighted by molar-refractivity contribution is 14.0. The van der Waals surface area contributed by atoms with Crippen LogP contribution in [0.15, 0.2) is 59.6 Å². The van der Waals surface area contributed by atoms with Gasteiger partial charge in [0.25, 0.3) is 5.69 Å². The second-order valence-electron chi connectivity index (χ2n) is 6.93. The smallest absolute Gasteiger partial charge is 0.269 e. The predicted molar refractivity (Wildman–Crippen MR) is 124 cm³/mol. The molecular formula is C21H27IN4O3. The van der Waals surface area contributed by atoms with Gasteiger partial charge >= 0.3 is 0 Å². The zero-order valence-corrected chi connectivity index (χ0v) is 18.8. The van der Waals surface area contributed by atoms with Gasteiger partial charge in [-0.15, -0.1) is 24.0 Å². The fourth-order valence-electron chi connectivity index (χ4n) is 3.33. The van der Waals surface area contributed by atoms with Crippen molar-refractivity contribution in [3.63, 3.8) is 0 Å². The Morgan fingerprint density at radius 2 is 1.93 bits per heavy atom. The van der Waals surface area contributed by atoms with Crippen LogP contribution in [0.2, 0.25) is 0 Å². The van der Waals surface area contributed by atoms with Crippen molar-refractivity contribution in [1.29, 1.82) is 0 Å². The number of hydrogen-bond donors (Lipinski definition) is 1. The molecule has 1 unspecified atom stereocenters. The first-order chi connectivity index (χ1) is 13.7. The molecule has 2 aromatic carbocycles. The molecule has 7 nitrogen and oxygen atoms in total. The van der Waals surface area contributed by atoms with Gasteiger partial charge in [-0.25, -0.2) is 0 Å². The number of halogens is 1. The Hall–Kier alpha value is -2.20. The second-order valence-corrected chi connectivity index (χ2v) is 6.93. The summed E-state index contributed by atoms with van der Waals surface area (Å²) in [6.45, 7) is 3.82. The summed E-state index contributed by atoms with van der Waals surface area (Å²) in [5.41, 5.74) is 2.28. The summed E-state index contributed by atoms with van der Waals surface area (Å²) >= 11 is 0. The maximum Gasteiger partial charge on any atom is 0.269 e. The average molecular weight is 510 g/mol. The first kappa shape index (κ1) is 23.1. The van der Waals surface area contributed by atoms with Gasteiger partial charge in [0.15, 0.2) is 5.96 Å². The highest BCUT2D eigenvalue weighted by Gasteiger charge is 2.25. The van der Waals surface area contributed by atoms with E-state index >= 15 is 0 Å². The van der Waals surface area contributed by atoms with Gasteiger partial charge in [-0.3, -0.25) is 15.1 Å². The van der Waals surface area contributed by atoms with E-state index in [2.05, 4.69) is 27.3 Å². The largest absolute Gasteiger partial charge is 0.376 e. The minimum absolute atomic E-state index is 0. The van der Waals surface area contributed by atoms with Gasteiger partial charge in [0.2, 0.25) is 0 Å². The number of nitrogens with zero attached hydrogens (tertiary/aromatic N) is 3. The van der Waals surface area contributed by atoms with E-state index in [0.29, 0.717) is 19.1 Å². The molecule has 3 rings (SSSR count). The summed E-state index contributed by atoms with van der Waals surface area (Å²) in [6, 6.07) is 16.8. The molecule has 156 valence electrons. The highest BCUT2D eigenvalue weighted by Crippen LogP contribution is 2.18. The Morgan fingerprint density at radius 1 is 1.21 bits per heavy atom. The second kappa shape index (κ2) is 11.7. The van der Waals surface area contributed by atoms with Gasteiger partial charge in [-0.05, 0) is 17.5 Å². The Bertz CT molecular complexity index is 799. The van der Waals surface area contributed by atoms with Crippen LogP contribution in [0.4, 0.5) is 5.69 Å². The van der Waals surface area contributed by atoms with Crippen molar-refractivity contribution in [3.8, 4) is 0 Å². The van der Waals surface area contributed by atoms with E-state index in [9.17, 15) is 10.1 Å². The molecule has 1 N–H and O–H groups in total. The Kier molecular flexibility index (Phi) is 9.33. The van der Waals surface area contributed by atoms with Crippen LogP contribution in [-0.2, 0) is 17.9 Å². The Morgan fingerprint density at radius 3 is 2.59 bits per heavy atom. The number of nitro benzene ring substituents is 1. The van der Waals surface area contributed by atoms with Crippen molar-refractivity contribution < 1.29 is 9.66 Å². The molecule has 0 aromatic heterocycles. The Balaban J connectivity index is 0.00000300. The normalized spacial score (nSPS) is 16.4. The number of non-ortho nitro benzene ring substituents is 1. The third-order valence-corrected chi connectivity index (χ3v) is 4.86. The number of rotatable bonds is 7.